The van der Waals surface area contributed by atoms with E-state index in [4.69, 9.17) is 9.47 Å². The molecule has 144 valence electrons. The SMILES string of the molecule is CCCC(O)C(=O)Oc1cc(OC(=O)C(O)CCC)cc(C(=O)OC)c1. The van der Waals surface area contributed by atoms with Gasteiger partial charge in [0, 0.05) is 6.07 Å². The molecule has 26 heavy (non-hydrogen) atoms. The number of hydrogen-bond donors (Lipinski definition) is 2. The van der Waals surface area contributed by atoms with Gasteiger partial charge in [0.2, 0.25) is 0 Å². The summed E-state index contributed by atoms with van der Waals surface area (Å²) < 4.78 is 14.7. The summed E-state index contributed by atoms with van der Waals surface area (Å²) in [7, 11) is 1.17. The van der Waals surface area contributed by atoms with Gasteiger partial charge in [0.25, 0.3) is 0 Å². The van der Waals surface area contributed by atoms with Crippen molar-refractivity contribution in [3.8, 4) is 11.5 Å². The monoisotopic (exact) mass is 368 g/mol. The predicted octanol–water partition coefficient (Wildman–Crippen LogP) is 1.61. The molecular formula is C18H24O8. The number of carbonyl (C=O) groups excluding carboxylic acids is 3. The minimum atomic E-state index is -1.31. The number of esters is 3. The molecule has 8 heteroatoms. The zero-order valence-corrected chi connectivity index (χ0v) is 15.1. The lowest BCUT2D eigenvalue weighted by Crippen LogP contribution is -2.26. The Balaban J connectivity index is 3.05. The molecule has 0 heterocycles. The smallest absolute Gasteiger partial charge is 0.340 e. The molecule has 2 unspecified atom stereocenters. The number of hydrogen-bond acceptors (Lipinski definition) is 8. The van der Waals surface area contributed by atoms with Gasteiger partial charge in [-0.15, -0.1) is 0 Å². The lowest BCUT2D eigenvalue weighted by atomic mass is 10.2. The Morgan fingerprint density at radius 3 is 1.65 bits per heavy atom. The average molecular weight is 368 g/mol. The molecule has 0 saturated heterocycles. The van der Waals surface area contributed by atoms with Crippen LogP contribution in [-0.4, -0.2) is 47.4 Å². The number of rotatable bonds is 9. The molecule has 2 N–H and O–H groups in total. The summed E-state index contributed by atoms with van der Waals surface area (Å²) in [6.45, 7) is 3.60. The van der Waals surface area contributed by atoms with E-state index in [0.29, 0.717) is 12.8 Å². The van der Waals surface area contributed by atoms with Gasteiger partial charge in [-0.2, -0.15) is 0 Å². The third-order valence-corrected chi connectivity index (χ3v) is 3.41. The Kier molecular flexibility index (Phi) is 8.74. The van der Waals surface area contributed by atoms with Crippen LogP contribution in [0.15, 0.2) is 18.2 Å². The van der Waals surface area contributed by atoms with Gasteiger partial charge in [0.15, 0.2) is 12.2 Å². The first-order valence-electron chi connectivity index (χ1n) is 8.35. The normalized spacial score (nSPS) is 12.8. The van der Waals surface area contributed by atoms with Crippen LogP contribution in [0, 0.1) is 0 Å². The molecular weight excluding hydrogens is 344 g/mol. The molecule has 1 aromatic carbocycles. The summed E-state index contributed by atoms with van der Waals surface area (Å²) in [5.41, 5.74) is -0.0180. The van der Waals surface area contributed by atoms with E-state index >= 15 is 0 Å². The number of ether oxygens (including phenoxy) is 3. The van der Waals surface area contributed by atoms with Crippen LogP contribution in [0.1, 0.15) is 49.9 Å². The number of carbonyl (C=O) groups is 3. The van der Waals surface area contributed by atoms with E-state index in [1.807, 2.05) is 0 Å². The van der Waals surface area contributed by atoms with Crippen LogP contribution in [0.5, 0.6) is 11.5 Å². The van der Waals surface area contributed by atoms with Gasteiger partial charge in [0.1, 0.15) is 11.5 Å². The molecule has 1 rings (SSSR count). The first-order chi connectivity index (χ1) is 12.3. The molecule has 2 atom stereocenters. The van der Waals surface area contributed by atoms with Gasteiger partial charge in [-0.05, 0) is 25.0 Å². The van der Waals surface area contributed by atoms with Gasteiger partial charge in [-0.1, -0.05) is 26.7 Å². The maximum absolute atomic E-state index is 11.8. The topological polar surface area (TPSA) is 119 Å². The fraction of sp³-hybridized carbons (Fsp3) is 0.500. The van der Waals surface area contributed by atoms with E-state index in [1.165, 1.54) is 25.3 Å². The Labute approximate surface area is 151 Å². The number of methoxy groups -OCH3 is 1. The fourth-order valence-corrected chi connectivity index (χ4v) is 2.08. The van der Waals surface area contributed by atoms with E-state index in [2.05, 4.69) is 4.74 Å². The summed E-state index contributed by atoms with van der Waals surface area (Å²) in [5, 5.41) is 19.3. The minimum absolute atomic E-state index is 0.0180. The third kappa shape index (κ3) is 6.45. The molecule has 0 fully saturated rings. The van der Waals surface area contributed by atoms with E-state index in [-0.39, 0.29) is 29.9 Å². The number of benzene rings is 1. The molecule has 0 amide bonds. The van der Waals surface area contributed by atoms with Crippen molar-refractivity contribution in [3.63, 3.8) is 0 Å². The summed E-state index contributed by atoms with van der Waals surface area (Å²) in [4.78, 5) is 35.4. The lowest BCUT2D eigenvalue weighted by Gasteiger charge is -2.13. The minimum Gasteiger partial charge on any atom is -0.465 e. The molecule has 0 spiro atoms. The lowest BCUT2D eigenvalue weighted by molar-refractivity contribution is -0.144. The second kappa shape index (κ2) is 10.5. The molecule has 1 aromatic rings. The van der Waals surface area contributed by atoms with Crippen molar-refractivity contribution in [3.05, 3.63) is 23.8 Å². The summed E-state index contributed by atoms with van der Waals surface area (Å²) in [6, 6.07) is 3.66. The Morgan fingerprint density at radius 1 is 0.885 bits per heavy atom. The molecule has 0 saturated carbocycles. The van der Waals surface area contributed by atoms with Gasteiger partial charge in [0.05, 0.1) is 12.7 Å². The van der Waals surface area contributed by atoms with Crippen LogP contribution in [0.2, 0.25) is 0 Å². The summed E-state index contributed by atoms with van der Waals surface area (Å²) >= 11 is 0. The Hall–Kier alpha value is -2.45. The van der Waals surface area contributed by atoms with E-state index < -0.39 is 30.1 Å². The second-order valence-electron chi connectivity index (χ2n) is 5.64. The highest BCUT2D eigenvalue weighted by molar-refractivity contribution is 5.91. The summed E-state index contributed by atoms with van der Waals surface area (Å²) in [6.07, 6.45) is -1.01. The van der Waals surface area contributed by atoms with Crippen molar-refractivity contribution in [1.82, 2.24) is 0 Å². The molecule has 0 aromatic heterocycles. The molecule has 0 radical (unpaired) electrons. The highest BCUT2D eigenvalue weighted by Gasteiger charge is 2.21. The Morgan fingerprint density at radius 2 is 1.31 bits per heavy atom. The zero-order valence-electron chi connectivity index (χ0n) is 15.1. The Bertz CT molecular complexity index is 596. The zero-order chi connectivity index (χ0) is 19.7. The third-order valence-electron chi connectivity index (χ3n) is 3.41. The molecule has 0 aliphatic heterocycles. The van der Waals surface area contributed by atoms with Gasteiger partial charge >= 0.3 is 17.9 Å². The highest BCUT2D eigenvalue weighted by Crippen LogP contribution is 2.25. The molecule has 8 nitrogen and oxygen atoms in total. The average Bonchev–Trinajstić information content (AvgIpc) is 2.61. The van der Waals surface area contributed by atoms with Crippen LogP contribution < -0.4 is 9.47 Å². The maximum Gasteiger partial charge on any atom is 0.340 e. The largest absolute Gasteiger partial charge is 0.465 e. The van der Waals surface area contributed by atoms with E-state index in [0.717, 1.165) is 0 Å². The number of aliphatic hydroxyl groups is 2. The van der Waals surface area contributed by atoms with Crippen LogP contribution >= 0.6 is 0 Å². The van der Waals surface area contributed by atoms with Crippen LogP contribution in [0.3, 0.4) is 0 Å². The van der Waals surface area contributed by atoms with Crippen molar-refractivity contribution in [2.24, 2.45) is 0 Å². The van der Waals surface area contributed by atoms with Crippen LogP contribution in [0.4, 0.5) is 0 Å². The number of aliphatic hydroxyl groups excluding tert-OH is 2. The van der Waals surface area contributed by atoms with Crippen LogP contribution in [-0.2, 0) is 14.3 Å². The predicted molar refractivity (Wildman–Crippen MR) is 90.9 cm³/mol. The maximum atomic E-state index is 11.8. The van der Waals surface area contributed by atoms with E-state index in [9.17, 15) is 24.6 Å². The van der Waals surface area contributed by atoms with Crippen LogP contribution in [0.25, 0.3) is 0 Å². The quantitative estimate of drug-likeness (QED) is 0.498. The molecule has 0 bridgehead atoms. The highest BCUT2D eigenvalue weighted by atomic mass is 16.6. The second-order valence-corrected chi connectivity index (χ2v) is 5.64. The van der Waals surface area contributed by atoms with Crippen molar-refractivity contribution in [1.29, 1.82) is 0 Å². The summed E-state index contributed by atoms with van der Waals surface area (Å²) in [5.74, 6) is -2.71. The molecule has 0 aliphatic rings. The van der Waals surface area contributed by atoms with Crippen molar-refractivity contribution in [2.75, 3.05) is 7.11 Å². The van der Waals surface area contributed by atoms with Crippen molar-refractivity contribution < 1.29 is 38.8 Å². The van der Waals surface area contributed by atoms with Gasteiger partial charge in [-0.3, -0.25) is 0 Å². The van der Waals surface area contributed by atoms with Crippen molar-refractivity contribution in [2.45, 2.75) is 51.7 Å². The first kappa shape index (κ1) is 21.6. The van der Waals surface area contributed by atoms with Crippen molar-refractivity contribution >= 4 is 17.9 Å². The first-order valence-corrected chi connectivity index (χ1v) is 8.35. The van der Waals surface area contributed by atoms with E-state index in [1.54, 1.807) is 13.8 Å². The van der Waals surface area contributed by atoms with Gasteiger partial charge in [-0.25, -0.2) is 14.4 Å². The fourth-order valence-electron chi connectivity index (χ4n) is 2.08. The molecule has 0 aliphatic carbocycles. The standard InChI is InChI=1S/C18H24O8/c1-4-6-14(19)17(22)25-12-8-11(16(21)24-3)9-13(10-12)26-18(23)15(20)7-5-2/h8-10,14-15,19-20H,4-7H2,1-3H3. The van der Waals surface area contributed by atoms with Gasteiger partial charge < -0.3 is 24.4 Å².